The molecule has 0 atom stereocenters. The van der Waals surface area contributed by atoms with E-state index in [2.05, 4.69) is 151 Å². The van der Waals surface area contributed by atoms with Crippen molar-refractivity contribution in [3.63, 3.8) is 0 Å². The number of anilines is 3. The molecule has 5 heteroatoms. The number of hydrogen-bond acceptors (Lipinski definition) is 5. The van der Waals surface area contributed by atoms with Gasteiger partial charge in [-0.3, -0.25) is 0 Å². The summed E-state index contributed by atoms with van der Waals surface area (Å²) < 4.78 is 2.54. The molecule has 7 aromatic carbocycles. The number of thiophene rings is 1. The zero-order valence-electron chi connectivity index (χ0n) is 31.8. The molecule has 58 heavy (non-hydrogen) atoms. The van der Waals surface area contributed by atoms with Gasteiger partial charge < -0.3 is 4.90 Å². The largest absolute Gasteiger partial charge is 0.309 e. The van der Waals surface area contributed by atoms with Gasteiger partial charge in [0.1, 0.15) is 0 Å². The minimum absolute atomic E-state index is 0.692. The van der Waals surface area contributed by atoms with Crippen molar-refractivity contribution in [2.45, 2.75) is 25.7 Å². The summed E-state index contributed by atoms with van der Waals surface area (Å²) in [5, 5.41) is 4.92. The third kappa shape index (κ3) is 6.12. The third-order valence-electron chi connectivity index (χ3n) is 11.4. The summed E-state index contributed by atoms with van der Waals surface area (Å²) in [4.78, 5) is 17.8. The van der Waals surface area contributed by atoms with Gasteiger partial charge >= 0.3 is 0 Å². The Labute approximate surface area is 341 Å². The lowest BCUT2D eigenvalue weighted by Crippen LogP contribution is -2.26. The van der Waals surface area contributed by atoms with Crippen LogP contribution in [-0.4, -0.2) is 15.0 Å². The van der Waals surface area contributed by atoms with Crippen LogP contribution in [-0.2, 0) is 6.42 Å². The van der Waals surface area contributed by atoms with Gasteiger partial charge in [0.2, 0.25) is 0 Å². The van der Waals surface area contributed by atoms with Gasteiger partial charge in [0, 0.05) is 53.2 Å². The van der Waals surface area contributed by atoms with E-state index in [1.54, 1.807) is 0 Å². The van der Waals surface area contributed by atoms with Crippen LogP contribution in [0.4, 0.5) is 17.1 Å². The monoisotopic (exact) mass is 762 g/mol. The average molecular weight is 763 g/mol. The second-order valence-corrected chi connectivity index (χ2v) is 16.1. The molecule has 2 aromatic heterocycles. The molecule has 0 radical (unpaired) electrons. The third-order valence-corrected chi connectivity index (χ3v) is 12.6. The number of fused-ring (bicyclic) bond motifs is 5. The first kappa shape index (κ1) is 34.3. The molecule has 0 saturated heterocycles. The normalized spacial score (nSPS) is 13.3. The Morgan fingerprint density at radius 2 is 1.22 bits per heavy atom. The van der Waals surface area contributed by atoms with Crippen LogP contribution in [0.25, 0.3) is 72.5 Å². The van der Waals surface area contributed by atoms with Crippen LogP contribution in [0.3, 0.4) is 0 Å². The lowest BCUT2D eigenvalue weighted by Gasteiger charge is -2.30. The average Bonchev–Trinajstić information content (AvgIpc) is 3.68. The number of benzene rings is 7. The summed E-state index contributed by atoms with van der Waals surface area (Å²) >= 11 is 1.86. The van der Waals surface area contributed by atoms with E-state index in [0.717, 1.165) is 59.7 Å². The zero-order chi connectivity index (χ0) is 38.4. The Morgan fingerprint density at radius 3 is 2.05 bits per heavy atom. The number of hydrogen-bond donors (Lipinski definition) is 0. The summed E-state index contributed by atoms with van der Waals surface area (Å²) in [5.74, 6) is 2.14. The van der Waals surface area contributed by atoms with Gasteiger partial charge in [-0.15, -0.1) is 11.3 Å². The molecular formula is C53H38N4S. The van der Waals surface area contributed by atoms with Crippen molar-refractivity contribution in [1.29, 1.82) is 0 Å². The number of rotatable bonds is 7. The smallest absolute Gasteiger partial charge is 0.164 e. The van der Waals surface area contributed by atoms with E-state index in [-0.39, 0.29) is 0 Å². The summed E-state index contributed by atoms with van der Waals surface area (Å²) in [6, 6.07) is 58.7. The fourth-order valence-electron chi connectivity index (χ4n) is 8.66. The highest BCUT2D eigenvalue weighted by Gasteiger charge is 2.22. The van der Waals surface area contributed by atoms with E-state index < -0.39 is 0 Å². The summed E-state index contributed by atoms with van der Waals surface area (Å²) in [6.45, 7) is 0. The second kappa shape index (κ2) is 14.5. The maximum atomic E-state index is 5.16. The van der Waals surface area contributed by atoms with Gasteiger partial charge in [-0.1, -0.05) is 152 Å². The van der Waals surface area contributed by atoms with Crippen molar-refractivity contribution in [3.05, 3.63) is 197 Å². The van der Waals surface area contributed by atoms with Crippen LogP contribution in [0.1, 0.15) is 36.2 Å². The summed E-state index contributed by atoms with van der Waals surface area (Å²) in [7, 11) is 0. The van der Waals surface area contributed by atoms with E-state index in [1.807, 2.05) is 47.7 Å². The molecule has 0 bridgehead atoms. The minimum atomic E-state index is 0.692. The molecule has 2 aliphatic carbocycles. The van der Waals surface area contributed by atoms with Crippen molar-refractivity contribution in [2.24, 2.45) is 0 Å². The van der Waals surface area contributed by atoms with Gasteiger partial charge in [-0.2, -0.15) is 0 Å². The standard InChI is InChI=1S/C53H38N4S/c1-3-17-37(18-4-1)51-54-52(38-19-5-2-6-20-38)56-53(55-51)45-25-14-28-48-50(45)44-32-30-40(34-49(44)58-48)43-24-11-12-26-46(43)57(41-31-29-35-15-7-8-21-39(35)33-41)47-27-13-22-36-16-9-10-23-42(36)47/h1-6,8-13,16-24,26-34H,7,14-15,25H2. The summed E-state index contributed by atoms with van der Waals surface area (Å²) in [6.07, 6.45) is 10.9. The highest BCUT2D eigenvalue weighted by Crippen LogP contribution is 2.44. The number of aryl methyl sites for hydroxylation is 1. The zero-order valence-corrected chi connectivity index (χ0v) is 32.7. The van der Waals surface area contributed by atoms with Gasteiger partial charge in [-0.05, 0) is 78.1 Å². The second-order valence-electron chi connectivity index (χ2n) is 15.0. The van der Waals surface area contributed by atoms with Crippen LogP contribution in [0.2, 0.25) is 0 Å². The first-order chi connectivity index (χ1) is 28.7. The number of allylic oxidation sites excluding steroid dienone is 1. The fraction of sp³-hybridized carbons (Fsp3) is 0.0755. The predicted molar refractivity (Wildman–Crippen MR) is 243 cm³/mol. The number of para-hydroxylation sites is 1. The van der Waals surface area contributed by atoms with Gasteiger partial charge in [0.15, 0.2) is 17.5 Å². The van der Waals surface area contributed by atoms with E-state index in [1.165, 1.54) is 58.4 Å². The van der Waals surface area contributed by atoms with Crippen molar-refractivity contribution in [1.82, 2.24) is 15.0 Å². The molecule has 0 saturated carbocycles. The number of nitrogens with zero attached hydrogens (tertiary/aromatic N) is 4. The predicted octanol–water partition coefficient (Wildman–Crippen LogP) is 12.4. The SMILES string of the molecule is C1=Cc2cc(N(c3ccccc3-c3ccc4c5c(sc4c3)=CCCC=5c3nc(-c4ccccc4)nc(-c4ccccc4)n3)c3cccc4ccccc34)ccc2CC1. The molecule has 4 nitrogen and oxygen atoms in total. The van der Waals surface area contributed by atoms with E-state index in [9.17, 15) is 0 Å². The first-order valence-electron chi connectivity index (χ1n) is 20.1. The molecule has 2 heterocycles. The van der Waals surface area contributed by atoms with Crippen molar-refractivity contribution >= 4 is 67.0 Å². The molecule has 0 aliphatic heterocycles. The highest BCUT2D eigenvalue weighted by molar-refractivity contribution is 7.17. The van der Waals surface area contributed by atoms with Crippen molar-refractivity contribution < 1.29 is 0 Å². The molecule has 276 valence electrons. The molecule has 11 rings (SSSR count). The van der Waals surface area contributed by atoms with Crippen LogP contribution in [0.15, 0.2) is 170 Å². The molecule has 2 aliphatic rings. The lowest BCUT2D eigenvalue weighted by molar-refractivity contribution is 0.985. The van der Waals surface area contributed by atoms with Crippen molar-refractivity contribution in [3.8, 4) is 33.9 Å². The molecule has 0 amide bonds. The Bertz CT molecular complexity index is 3120. The van der Waals surface area contributed by atoms with Gasteiger partial charge in [-0.25, -0.2) is 15.0 Å². The van der Waals surface area contributed by atoms with E-state index in [0.29, 0.717) is 11.6 Å². The van der Waals surface area contributed by atoms with Crippen LogP contribution < -0.4 is 14.7 Å². The fourth-order valence-corrected chi connectivity index (χ4v) is 9.89. The minimum Gasteiger partial charge on any atom is -0.309 e. The maximum Gasteiger partial charge on any atom is 0.164 e. The van der Waals surface area contributed by atoms with Crippen molar-refractivity contribution in [2.75, 3.05) is 4.90 Å². The van der Waals surface area contributed by atoms with Crippen LogP contribution >= 0.6 is 11.3 Å². The molecular weight excluding hydrogens is 725 g/mol. The Kier molecular flexibility index (Phi) is 8.59. The molecule has 0 N–H and O–H groups in total. The Morgan fingerprint density at radius 1 is 0.517 bits per heavy atom. The molecule has 0 spiro atoms. The van der Waals surface area contributed by atoms with Gasteiger partial charge in [0.05, 0.1) is 11.4 Å². The maximum absolute atomic E-state index is 5.16. The van der Waals surface area contributed by atoms with E-state index >= 15 is 0 Å². The topological polar surface area (TPSA) is 41.9 Å². The highest BCUT2D eigenvalue weighted by atomic mass is 32.1. The Balaban J connectivity index is 1.08. The molecule has 0 unspecified atom stereocenters. The van der Waals surface area contributed by atoms with Crippen LogP contribution in [0, 0.1) is 0 Å². The lowest BCUT2D eigenvalue weighted by atomic mass is 9.95. The van der Waals surface area contributed by atoms with E-state index in [4.69, 9.17) is 15.0 Å². The molecule has 0 fully saturated rings. The Hall–Kier alpha value is -6.95. The van der Waals surface area contributed by atoms with Crippen LogP contribution in [0.5, 0.6) is 0 Å². The molecule has 9 aromatic rings. The van der Waals surface area contributed by atoms with Gasteiger partial charge in [0.25, 0.3) is 0 Å². The number of aromatic nitrogens is 3. The quantitative estimate of drug-likeness (QED) is 0.162. The first-order valence-corrected chi connectivity index (χ1v) is 20.9. The summed E-state index contributed by atoms with van der Waals surface area (Å²) in [5.41, 5.74) is 11.7.